The molecule has 3 aliphatic rings. The third kappa shape index (κ3) is 4.98. The number of rotatable bonds is 5. The minimum absolute atomic E-state index is 0.174. The minimum atomic E-state index is -0.209. The van der Waals surface area contributed by atoms with Gasteiger partial charge in [-0.3, -0.25) is 9.79 Å². The molecule has 1 aliphatic carbocycles. The highest BCUT2D eigenvalue weighted by Crippen LogP contribution is 2.32. The van der Waals surface area contributed by atoms with Crippen molar-refractivity contribution in [2.24, 2.45) is 4.99 Å². The molecule has 2 aliphatic heterocycles. The largest absolute Gasteiger partial charge is 0.368 e. The fraction of sp³-hybridized carbons (Fsp3) is 0.905. The smallest absolute Gasteiger partial charge is 0.251 e. The highest BCUT2D eigenvalue weighted by Gasteiger charge is 2.35. The highest BCUT2D eigenvalue weighted by atomic mass is 16.5. The van der Waals surface area contributed by atoms with Crippen LogP contribution in [0.2, 0.25) is 0 Å². The Hall–Kier alpha value is -1.34. The van der Waals surface area contributed by atoms with Crippen molar-refractivity contribution >= 4 is 11.9 Å². The topological polar surface area (TPSA) is 60.4 Å². The van der Waals surface area contributed by atoms with Gasteiger partial charge in [0, 0.05) is 44.9 Å². The summed E-state index contributed by atoms with van der Waals surface area (Å²) in [6.45, 7) is 7.72. The number of ether oxygens (including phenoxy) is 1. The second-order valence-electron chi connectivity index (χ2n) is 8.66. The molecule has 3 fully saturated rings. The maximum atomic E-state index is 12.6. The normalized spacial score (nSPS) is 26.0. The number of aliphatic imine (C=N–C) groups is 1. The maximum absolute atomic E-state index is 12.6. The van der Waals surface area contributed by atoms with E-state index in [1.165, 1.54) is 32.1 Å². The van der Waals surface area contributed by atoms with Gasteiger partial charge in [-0.2, -0.15) is 0 Å². The van der Waals surface area contributed by atoms with Crippen LogP contribution in [-0.4, -0.2) is 98.2 Å². The average Bonchev–Trinajstić information content (AvgIpc) is 3.26. The zero-order valence-corrected chi connectivity index (χ0v) is 18.1. The van der Waals surface area contributed by atoms with Gasteiger partial charge in [0.15, 0.2) is 5.96 Å². The molecule has 28 heavy (non-hydrogen) atoms. The lowest BCUT2D eigenvalue weighted by molar-refractivity contribution is -0.142. The Morgan fingerprint density at radius 1 is 1.11 bits per heavy atom. The van der Waals surface area contributed by atoms with Crippen molar-refractivity contribution in [1.29, 1.82) is 0 Å². The first-order chi connectivity index (χ1) is 13.6. The van der Waals surface area contributed by atoms with E-state index in [0.29, 0.717) is 0 Å². The van der Waals surface area contributed by atoms with Crippen molar-refractivity contribution in [2.45, 2.75) is 63.5 Å². The zero-order chi connectivity index (χ0) is 20.0. The summed E-state index contributed by atoms with van der Waals surface area (Å²) in [7, 11) is 4.40. The molecule has 1 amide bonds. The van der Waals surface area contributed by atoms with E-state index in [2.05, 4.69) is 36.1 Å². The molecular formula is C21H39N5O2. The Labute approximate surface area is 170 Å². The summed E-state index contributed by atoms with van der Waals surface area (Å²) in [4.78, 5) is 24.3. The minimum Gasteiger partial charge on any atom is -0.368 e. The molecule has 2 heterocycles. The predicted molar refractivity (Wildman–Crippen MR) is 113 cm³/mol. The lowest BCUT2D eigenvalue weighted by Gasteiger charge is -2.42. The highest BCUT2D eigenvalue weighted by molar-refractivity contribution is 5.82. The van der Waals surface area contributed by atoms with Crippen molar-refractivity contribution in [3.63, 3.8) is 0 Å². The van der Waals surface area contributed by atoms with Crippen LogP contribution in [0.1, 0.15) is 51.9 Å². The molecular weight excluding hydrogens is 354 g/mol. The molecule has 1 atom stereocenters. The number of hydrogen-bond acceptors (Lipinski definition) is 4. The monoisotopic (exact) mass is 393 g/mol. The van der Waals surface area contributed by atoms with Crippen LogP contribution in [0.25, 0.3) is 0 Å². The standard InChI is InChI=1S/C21H39N5O2/c1-4-22-20(23-17-21(24(2)3)10-6-5-7-11-21)26-14-12-25(13-15-26)19(27)18-9-8-16-28-18/h18H,4-17H2,1-3H3,(H,22,23). The SMILES string of the molecule is CCNC(=NCC1(N(C)C)CCCCC1)N1CCN(C(=O)C2CCCO2)CC1. The Bertz CT molecular complexity index is 531. The summed E-state index contributed by atoms with van der Waals surface area (Å²) in [5.41, 5.74) is 0.191. The van der Waals surface area contributed by atoms with E-state index in [1.807, 2.05) is 4.90 Å². The number of guanidine groups is 1. The van der Waals surface area contributed by atoms with Crippen molar-refractivity contribution in [1.82, 2.24) is 20.0 Å². The Morgan fingerprint density at radius 2 is 1.79 bits per heavy atom. The van der Waals surface area contributed by atoms with Crippen LogP contribution in [0, 0.1) is 0 Å². The maximum Gasteiger partial charge on any atom is 0.251 e. The van der Waals surface area contributed by atoms with Gasteiger partial charge in [0.1, 0.15) is 6.10 Å². The van der Waals surface area contributed by atoms with Crippen molar-refractivity contribution in [2.75, 3.05) is 60.0 Å². The lowest BCUT2D eigenvalue weighted by atomic mass is 9.81. The summed E-state index contributed by atoms with van der Waals surface area (Å²) < 4.78 is 5.57. The van der Waals surface area contributed by atoms with E-state index in [9.17, 15) is 4.79 Å². The first kappa shape index (κ1) is 21.4. The molecule has 0 radical (unpaired) electrons. The fourth-order valence-electron chi connectivity index (χ4n) is 4.72. The second kappa shape index (κ2) is 9.92. The number of carbonyl (C=O) groups excluding carboxylic acids is 1. The second-order valence-corrected chi connectivity index (χ2v) is 8.66. The van der Waals surface area contributed by atoms with Gasteiger partial charge < -0.3 is 24.8 Å². The molecule has 0 aromatic rings. The Balaban J connectivity index is 1.59. The van der Waals surface area contributed by atoms with Crippen LogP contribution in [0.3, 0.4) is 0 Å². The quantitative estimate of drug-likeness (QED) is 0.567. The van der Waals surface area contributed by atoms with Gasteiger partial charge in [0.25, 0.3) is 5.91 Å². The molecule has 2 saturated heterocycles. The van der Waals surface area contributed by atoms with E-state index < -0.39 is 0 Å². The number of piperazine rings is 1. The van der Waals surface area contributed by atoms with Gasteiger partial charge in [-0.15, -0.1) is 0 Å². The number of carbonyl (C=O) groups is 1. The molecule has 3 rings (SSSR count). The van der Waals surface area contributed by atoms with Gasteiger partial charge in [0.05, 0.1) is 6.54 Å². The van der Waals surface area contributed by atoms with Crippen LogP contribution in [0.15, 0.2) is 4.99 Å². The van der Waals surface area contributed by atoms with Gasteiger partial charge in [-0.05, 0) is 46.7 Å². The summed E-state index contributed by atoms with van der Waals surface area (Å²) >= 11 is 0. The number of amides is 1. The van der Waals surface area contributed by atoms with E-state index in [0.717, 1.165) is 64.7 Å². The Kier molecular flexibility index (Phi) is 7.57. The van der Waals surface area contributed by atoms with Gasteiger partial charge in [0.2, 0.25) is 0 Å². The molecule has 1 saturated carbocycles. The summed E-state index contributed by atoms with van der Waals surface area (Å²) in [6, 6.07) is 0. The molecule has 1 N–H and O–H groups in total. The van der Waals surface area contributed by atoms with Crippen molar-refractivity contribution in [3.05, 3.63) is 0 Å². The Morgan fingerprint density at radius 3 is 2.36 bits per heavy atom. The molecule has 0 spiro atoms. The average molecular weight is 394 g/mol. The van der Waals surface area contributed by atoms with Crippen LogP contribution < -0.4 is 5.32 Å². The number of hydrogen-bond donors (Lipinski definition) is 1. The molecule has 7 heteroatoms. The molecule has 0 aromatic carbocycles. The molecule has 7 nitrogen and oxygen atoms in total. The lowest BCUT2D eigenvalue weighted by Crippen LogP contribution is -2.56. The third-order valence-electron chi connectivity index (χ3n) is 6.69. The van der Waals surface area contributed by atoms with Crippen LogP contribution in [0.4, 0.5) is 0 Å². The predicted octanol–water partition coefficient (Wildman–Crippen LogP) is 1.54. The van der Waals surface area contributed by atoms with Crippen LogP contribution in [0.5, 0.6) is 0 Å². The van der Waals surface area contributed by atoms with E-state index in [1.54, 1.807) is 0 Å². The summed E-state index contributed by atoms with van der Waals surface area (Å²) in [6.07, 6.45) is 8.07. The fourth-order valence-corrected chi connectivity index (χ4v) is 4.72. The van der Waals surface area contributed by atoms with E-state index in [4.69, 9.17) is 9.73 Å². The van der Waals surface area contributed by atoms with Crippen molar-refractivity contribution < 1.29 is 9.53 Å². The number of nitrogens with zero attached hydrogens (tertiary/aromatic N) is 4. The molecule has 1 unspecified atom stereocenters. The van der Waals surface area contributed by atoms with Gasteiger partial charge in [-0.1, -0.05) is 19.3 Å². The van der Waals surface area contributed by atoms with Crippen LogP contribution in [-0.2, 0) is 9.53 Å². The van der Waals surface area contributed by atoms with Crippen LogP contribution >= 0.6 is 0 Å². The summed E-state index contributed by atoms with van der Waals surface area (Å²) in [5.74, 6) is 1.17. The molecule has 0 bridgehead atoms. The van der Waals surface area contributed by atoms with Gasteiger partial charge >= 0.3 is 0 Å². The number of likely N-dealkylation sites (N-methyl/N-ethyl adjacent to an activating group) is 1. The van der Waals surface area contributed by atoms with E-state index >= 15 is 0 Å². The zero-order valence-electron chi connectivity index (χ0n) is 18.1. The third-order valence-corrected chi connectivity index (χ3v) is 6.69. The first-order valence-electron chi connectivity index (χ1n) is 11.2. The van der Waals surface area contributed by atoms with Gasteiger partial charge in [-0.25, -0.2) is 0 Å². The molecule has 0 aromatic heterocycles. The first-order valence-corrected chi connectivity index (χ1v) is 11.2. The van der Waals surface area contributed by atoms with Crippen molar-refractivity contribution in [3.8, 4) is 0 Å². The number of nitrogens with one attached hydrogen (secondary N) is 1. The van der Waals surface area contributed by atoms with E-state index in [-0.39, 0.29) is 17.6 Å². The summed E-state index contributed by atoms with van der Waals surface area (Å²) in [5, 5.41) is 3.48. The molecule has 160 valence electrons.